The number of carbonyl (C=O) groups is 1. The van der Waals surface area contributed by atoms with Gasteiger partial charge in [-0.1, -0.05) is 0 Å². The van der Waals surface area contributed by atoms with E-state index >= 15 is 0 Å². The third-order valence-electron chi connectivity index (χ3n) is 2.50. The Morgan fingerprint density at radius 1 is 1.47 bits per heavy atom. The number of hydrogen-bond donors (Lipinski definition) is 1. The molecule has 0 radical (unpaired) electrons. The number of nitrogens with two attached hydrogens (primary N) is 1. The van der Waals surface area contributed by atoms with E-state index in [1.165, 1.54) is 0 Å². The summed E-state index contributed by atoms with van der Waals surface area (Å²) in [5, 5.41) is 0. The second-order valence-corrected chi connectivity index (χ2v) is 5.35. The van der Waals surface area contributed by atoms with Crippen LogP contribution in [0.3, 0.4) is 0 Å². The Labute approximate surface area is 103 Å². The summed E-state index contributed by atoms with van der Waals surface area (Å²) >= 11 is 0. The summed E-state index contributed by atoms with van der Waals surface area (Å²) in [7, 11) is 0. The van der Waals surface area contributed by atoms with Crippen LogP contribution in [0.1, 0.15) is 33.6 Å². The molecule has 0 unspecified atom stereocenters. The largest absolute Gasteiger partial charge is 0.444 e. The van der Waals surface area contributed by atoms with Crippen LogP contribution in [-0.4, -0.2) is 48.9 Å². The van der Waals surface area contributed by atoms with E-state index in [0.29, 0.717) is 19.7 Å². The minimum atomic E-state index is -0.442. The van der Waals surface area contributed by atoms with E-state index in [-0.39, 0.29) is 12.2 Å². The molecule has 100 valence electrons. The standard InChI is InChI=1S/C12H24N2O3/c1-12(2,3)17-11(15)14-7-4-5-10(9-14)16-8-6-13/h10H,4-9,13H2,1-3H3/t10-/m1/s1. The van der Waals surface area contributed by atoms with Crippen molar-refractivity contribution in [2.24, 2.45) is 5.73 Å². The SMILES string of the molecule is CC(C)(C)OC(=O)N1CCC[C@@H](OCCN)C1. The highest BCUT2D eigenvalue weighted by molar-refractivity contribution is 5.68. The van der Waals surface area contributed by atoms with Crippen LogP contribution in [0, 0.1) is 0 Å². The van der Waals surface area contributed by atoms with E-state index in [1.807, 2.05) is 20.8 Å². The molecule has 1 amide bonds. The maximum Gasteiger partial charge on any atom is 0.410 e. The van der Waals surface area contributed by atoms with E-state index < -0.39 is 5.60 Å². The van der Waals surface area contributed by atoms with Gasteiger partial charge in [-0.3, -0.25) is 0 Å². The highest BCUT2D eigenvalue weighted by Crippen LogP contribution is 2.16. The van der Waals surface area contributed by atoms with Crippen LogP contribution in [0.25, 0.3) is 0 Å². The van der Waals surface area contributed by atoms with Crippen molar-refractivity contribution >= 4 is 6.09 Å². The van der Waals surface area contributed by atoms with Crippen molar-refractivity contribution < 1.29 is 14.3 Å². The number of nitrogens with zero attached hydrogens (tertiary/aromatic N) is 1. The lowest BCUT2D eigenvalue weighted by Crippen LogP contribution is -2.45. The molecular formula is C12H24N2O3. The van der Waals surface area contributed by atoms with Crippen molar-refractivity contribution in [2.45, 2.75) is 45.3 Å². The second-order valence-electron chi connectivity index (χ2n) is 5.35. The number of likely N-dealkylation sites (tertiary alicyclic amines) is 1. The maximum absolute atomic E-state index is 11.9. The van der Waals surface area contributed by atoms with Crippen molar-refractivity contribution in [3.8, 4) is 0 Å². The van der Waals surface area contributed by atoms with Gasteiger partial charge in [0.25, 0.3) is 0 Å². The van der Waals surface area contributed by atoms with E-state index in [1.54, 1.807) is 4.90 Å². The summed E-state index contributed by atoms with van der Waals surface area (Å²) in [6.45, 7) is 8.04. The quantitative estimate of drug-likeness (QED) is 0.814. The molecule has 5 nitrogen and oxygen atoms in total. The molecule has 0 saturated carbocycles. The zero-order chi connectivity index (χ0) is 12.9. The van der Waals surface area contributed by atoms with Gasteiger partial charge in [0.1, 0.15) is 5.60 Å². The zero-order valence-electron chi connectivity index (χ0n) is 11.1. The van der Waals surface area contributed by atoms with Gasteiger partial charge in [0.15, 0.2) is 0 Å². The first-order chi connectivity index (χ1) is 7.92. The number of piperidine rings is 1. The molecule has 0 aliphatic carbocycles. The van der Waals surface area contributed by atoms with Gasteiger partial charge < -0.3 is 20.1 Å². The number of amides is 1. The molecule has 1 fully saturated rings. The Morgan fingerprint density at radius 2 is 2.18 bits per heavy atom. The first-order valence-electron chi connectivity index (χ1n) is 6.22. The maximum atomic E-state index is 11.9. The van der Waals surface area contributed by atoms with Gasteiger partial charge >= 0.3 is 6.09 Å². The smallest absolute Gasteiger partial charge is 0.410 e. The summed E-state index contributed by atoms with van der Waals surface area (Å²) < 4.78 is 10.9. The molecule has 0 bridgehead atoms. The van der Waals surface area contributed by atoms with Crippen molar-refractivity contribution in [1.82, 2.24) is 4.90 Å². The van der Waals surface area contributed by atoms with Crippen molar-refractivity contribution in [3.63, 3.8) is 0 Å². The summed E-state index contributed by atoms with van der Waals surface area (Å²) in [6, 6.07) is 0. The number of carbonyl (C=O) groups excluding carboxylic acids is 1. The van der Waals surface area contributed by atoms with Crippen LogP contribution in [0.2, 0.25) is 0 Å². The monoisotopic (exact) mass is 244 g/mol. The molecule has 1 atom stereocenters. The summed E-state index contributed by atoms with van der Waals surface area (Å²) in [4.78, 5) is 13.6. The highest BCUT2D eigenvalue weighted by Gasteiger charge is 2.27. The minimum absolute atomic E-state index is 0.0971. The van der Waals surface area contributed by atoms with E-state index in [4.69, 9.17) is 15.2 Å². The molecule has 0 aromatic rings. The topological polar surface area (TPSA) is 64.8 Å². The lowest BCUT2D eigenvalue weighted by molar-refractivity contribution is -0.0182. The van der Waals surface area contributed by atoms with Crippen molar-refractivity contribution in [2.75, 3.05) is 26.2 Å². The van der Waals surface area contributed by atoms with Gasteiger partial charge in [-0.25, -0.2) is 4.79 Å². The molecule has 5 heteroatoms. The fourth-order valence-electron chi connectivity index (χ4n) is 1.80. The molecule has 2 N–H and O–H groups in total. The van der Waals surface area contributed by atoms with Gasteiger partial charge in [0.2, 0.25) is 0 Å². The van der Waals surface area contributed by atoms with Gasteiger partial charge in [-0.2, -0.15) is 0 Å². The van der Waals surface area contributed by atoms with Gasteiger partial charge in [0, 0.05) is 13.1 Å². The Kier molecular flexibility index (Phi) is 5.21. The molecule has 1 aliphatic heterocycles. The summed E-state index contributed by atoms with van der Waals surface area (Å²) in [5.41, 5.74) is 4.95. The van der Waals surface area contributed by atoms with E-state index in [0.717, 1.165) is 19.4 Å². The normalized spacial score (nSPS) is 21.4. The Bertz CT molecular complexity index is 251. The number of hydrogen-bond acceptors (Lipinski definition) is 4. The third-order valence-corrected chi connectivity index (χ3v) is 2.50. The van der Waals surface area contributed by atoms with Gasteiger partial charge in [-0.15, -0.1) is 0 Å². The molecule has 17 heavy (non-hydrogen) atoms. The minimum Gasteiger partial charge on any atom is -0.444 e. The van der Waals surface area contributed by atoms with Crippen LogP contribution in [-0.2, 0) is 9.47 Å². The molecular weight excluding hydrogens is 220 g/mol. The van der Waals surface area contributed by atoms with Gasteiger partial charge in [0.05, 0.1) is 19.3 Å². The average Bonchev–Trinajstić information content (AvgIpc) is 2.24. The second kappa shape index (κ2) is 6.21. The zero-order valence-corrected chi connectivity index (χ0v) is 11.1. The van der Waals surface area contributed by atoms with E-state index in [2.05, 4.69) is 0 Å². The van der Waals surface area contributed by atoms with Crippen molar-refractivity contribution in [3.05, 3.63) is 0 Å². The Morgan fingerprint density at radius 3 is 2.76 bits per heavy atom. The molecule has 1 saturated heterocycles. The lowest BCUT2D eigenvalue weighted by atomic mass is 10.1. The Hall–Kier alpha value is -0.810. The third kappa shape index (κ3) is 5.37. The molecule has 1 aliphatic rings. The molecule has 0 aromatic heterocycles. The first-order valence-corrected chi connectivity index (χ1v) is 6.22. The predicted molar refractivity (Wildman–Crippen MR) is 65.8 cm³/mol. The number of rotatable bonds is 3. The van der Waals surface area contributed by atoms with Crippen LogP contribution >= 0.6 is 0 Å². The summed E-state index contributed by atoms with van der Waals surface area (Å²) in [6.07, 6.45) is 1.78. The van der Waals surface area contributed by atoms with Crippen molar-refractivity contribution in [1.29, 1.82) is 0 Å². The Balaban J connectivity index is 2.40. The lowest BCUT2D eigenvalue weighted by Gasteiger charge is -2.33. The molecule has 1 heterocycles. The fourth-order valence-corrected chi connectivity index (χ4v) is 1.80. The molecule has 1 rings (SSSR count). The predicted octanol–water partition coefficient (Wildman–Crippen LogP) is 1.36. The fraction of sp³-hybridized carbons (Fsp3) is 0.917. The molecule has 0 spiro atoms. The highest BCUT2D eigenvalue weighted by atomic mass is 16.6. The average molecular weight is 244 g/mol. The number of ether oxygens (including phenoxy) is 2. The van der Waals surface area contributed by atoms with Gasteiger partial charge in [-0.05, 0) is 33.6 Å². The van der Waals surface area contributed by atoms with E-state index in [9.17, 15) is 4.79 Å². The van der Waals surface area contributed by atoms with Crippen LogP contribution in [0.4, 0.5) is 4.79 Å². The summed E-state index contributed by atoms with van der Waals surface area (Å²) in [5.74, 6) is 0. The first kappa shape index (κ1) is 14.3. The molecule has 0 aromatic carbocycles. The van der Waals surface area contributed by atoms with Crippen LogP contribution in [0.15, 0.2) is 0 Å². The van der Waals surface area contributed by atoms with Crippen LogP contribution < -0.4 is 5.73 Å². The van der Waals surface area contributed by atoms with Crippen LogP contribution in [0.5, 0.6) is 0 Å².